The minimum absolute atomic E-state index is 1.17. The molecule has 6 rings (SSSR count). The van der Waals surface area contributed by atoms with E-state index in [4.69, 9.17) is 0 Å². The van der Waals surface area contributed by atoms with Crippen molar-refractivity contribution in [1.29, 1.82) is 0 Å². The maximum Gasteiger partial charge on any atom is -0.0318 e. The molecule has 6 aliphatic carbocycles. The van der Waals surface area contributed by atoms with Gasteiger partial charge in [0.25, 0.3) is 0 Å². The first-order valence-corrected chi connectivity index (χ1v) is 10.9. The first kappa shape index (κ1) is 13.3. The van der Waals surface area contributed by atoms with Gasteiger partial charge in [-0.15, -0.1) is 0 Å². The molecule has 0 aromatic rings. The van der Waals surface area contributed by atoms with E-state index in [2.05, 4.69) is 0 Å². The maximum absolute atomic E-state index is 1.63. The van der Waals surface area contributed by atoms with Crippen LogP contribution in [0.25, 0.3) is 0 Å². The van der Waals surface area contributed by atoms with Crippen molar-refractivity contribution in [2.75, 3.05) is 0 Å². The molecule has 0 heteroatoms. The molecule has 0 N–H and O–H groups in total. The Bertz CT molecular complexity index is 407. The Morgan fingerprint density at radius 3 is 1.09 bits per heavy atom. The Hall–Kier alpha value is 0. The first-order chi connectivity index (χ1) is 10.9. The van der Waals surface area contributed by atoms with Gasteiger partial charge in [-0.1, -0.05) is 25.7 Å². The van der Waals surface area contributed by atoms with Gasteiger partial charge in [0.2, 0.25) is 0 Å². The van der Waals surface area contributed by atoms with Crippen molar-refractivity contribution < 1.29 is 0 Å². The maximum atomic E-state index is 1.63. The van der Waals surface area contributed by atoms with E-state index in [1.807, 2.05) is 0 Å². The highest BCUT2D eigenvalue weighted by molar-refractivity contribution is 5.10. The molecule has 0 aromatic heterocycles. The van der Waals surface area contributed by atoms with E-state index >= 15 is 0 Å². The summed E-state index contributed by atoms with van der Waals surface area (Å²) in [4.78, 5) is 0. The second-order valence-electron chi connectivity index (χ2n) is 10.3. The number of hydrogen-bond donors (Lipinski definition) is 0. The minimum Gasteiger partial charge on any atom is -0.0527 e. The zero-order valence-corrected chi connectivity index (χ0v) is 14.3. The third-order valence-corrected chi connectivity index (χ3v) is 10.00. The zero-order chi connectivity index (χ0) is 14.3. The molecule has 6 aliphatic rings. The molecule has 0 heterocycles. The van der Waals surface area contributed by atoms with Gasteiger partial charge in [-0.25, -0.2) is 0 Å². The number of rotatable bonds is 0. The van der Waals surface area contributed by atoms with E-state index in [-0.39, 0.29) is 0 Å². The fraction of sp³-hybridized carbons (Fsp3) is 1.00. The normalized spacial score (nSPS) is 62.2. The van der Waals surface area contributed by atoms with Crippen molar-refractivity contribution in [3.05, 3.63) is 0 Å². The summed E-state index contributed by atoms with van der Waals surface area (Å²) < 4.78 is 0. The highest BCUT2D eigenvalue weighted by Crippen LogP contribution is 2.69. The summed E-state index contributed by atoms with van der Waals surface area (Å²) in [6.45, 7) is 0. The molecule has 0 aliphatic heterocycles. The zero-order valence-electron chi connectivity index (χ0n) is 14.3. The van der Waals surface area contributed by atoms with E-state index in [1.54, 1.807) is 77.0 Å². The fourth-order valence-electron chi connectivity index (χ4n) is 9.69. The molecule has 10 atom stereocenters. The van der Waals surface area contributed by atoms with Crippen LogP contribution in [0.2, 0.25) is 0 Å². The van der Waals surface area contributed by atoms with E-state index in [1.165, 1.54) is 59.2 Å². The lowest BCUT2D eigenvalue weighted by molar-refractivity contribution is -0.190. The van der Waals surface area contributed by atoms with Crippen LogP contribution >= 0.6 is 0 Å². The highest BCUT2D eigenvalue weighted by Gasteiger charge is 2.62. The molecule has 0 radical (unpaired) electrons. The lowest BCUT2D eigenvalue weighted by Crippen LogP contribution is -2.61. The van der Waals surface area contributed by atoms with Gasteiger partial charge in [0.05, 0.1) is 0 Å². The summed E-state index contributed by atoms with van der Waals surface area (Å²) >= 11 is 0. The van der Waals surface area contributed by atoms with Gasteiger partial charge >= 0.3 is 0 Å². The van der Waals surface area contributed by atoms with Crippen LogP contribution in [0.3, 0.4) is 0 Å². The summed E-state index contributed by atoms with van der Waals surface area (Å²) in [5, 5.41) is 0. The van der Waals surface area contributed by atoms with E-state index < -0.39 is 0 Å². The van der Waals surface area contributed by atoms with Crippen LogP contribution in [0.15, 0.2) is 0 Å². The first-order valence-electron chi connectivity index (χ1n) is 10.9. The molecule has 0 aromatic carbocycles. The van der Waals surface area contributed by atoms with Crippen molar-refractivity contribution in [3.63, 3.8) is 0 Å². The second kappa shape index (κ2) is 4.76. The third kappa shape index (κ3) is 1.61. The minimum atomic E-state index is 1.17. The topological polar surface area (TPSA) is 0 Å². The van der Waals surface area contributed by atoms with Crippen molar-refractivity contribution in [1.82, 2.24) is 0 Å². The molecule has 10 unspecified atom stereocenters. The van der Waals surface area contributed by atoms with Crippen LogP contribution in [0.1, 0.15) is 77.0 Å². The molecular formula is C22H34. The third-order valence-electron chi connectivity index (χ3n) is 10.00. The lowest BCUT2D eigenvalue weighted by atomic mass is 9.37. The molecule has 0 bridgehead atoms. The average molecular weight is 299 g/mol. The van der Waals surface area contributed by atoms with Gasteiger partial charge in [0.15, 0.2) is 0 Å². The van der Waals surface area contributed by atoms with Gasteiger partial charge in [-0.2, -0.15) is 0 Å². The van der Waals surface area contributed by atoms with E-state index in [0.717, 1.165) is 0 Å². The Morgan fingerprint density at radius 2 is 0.682 bits per heavy atom. The van der Waals surface area contributed by atoms with Gasteiger partial charge in [-0.05, 0) is 111 Å². The molecule has 6 fully saturated rings. The summed E-state index contributed by atoms with van der Waals surface area (Å²) in [5.41, 5.74) is 0. The van der Waals surface area contributed by atoms with Crippen molar-refractivity contribution >= 4 is 0 Å². The van der Waals surface area contributed by atoms with Crippen LogP contribution in [-0.4, -0.2) is 0 Å². The highest BCUT2D eigenvalue weighted by atomic mass is 14.7. The predicted octanol–water partition coefficient (Wildman–Crippen LogP) is 5.91. The SMILES string of the molecule is C1CC2CCC3CCC4CCC5CCCC6C(C1)C2C3C4C56. The average Bonchev–Trinajstić information content (AvgIpc) is 2.59. The summed E-state index contributed by atoms with van der Waals surface area (Å²) in [5.74, 6) is 11.9. The lowest BCUT2D eigenvalue weighted by Gasteiger charge is -2.67. The molecule has 0 saturated heterocycles. The quantitative estimate of drug-likeness (QED) is 0.521. The molecule has 0 amide bonds. The Balaban J connectivity index is 1.47. The van der Waals surface area contributed by atoms with Gasteiger partial charge < -0.3 is 0 Å². The van der Waals surface area contributed by atoms with E-state index in [0.29, 0.717) is 0 Å². The predicted molar refractivity (Wildman–Crippen MR) is 90.3 cm³/mol. The molecule has 0 spiro atoms. The van der Waals surface area contributed by atoms with Crippen LogP contribution in [0, 0.1) is 59.2 Å². The molecular weight excluding hydrogens is 264 g/mol. The smallest absolute Gasteiger partial charge is 0.0318 e. The summed E-state index contributed by atoms with van der Waals surface area (Å²) in [6, 6.07) is 0. The molecule has 22 heavy (non-hydrogen) atoms. The Labute approximate surface area is 136 Å². The van der Waals surface area contributed by atoms with E-state index in [9.17, 15) is 0 Å². The van der Waals surface area contributed by atoms with Gasteiger partial charge in [0, 0.05) is 0 Å². The van der Waals surface area contributed by atoms with Crippen LogP contribution in [0.4, 0.5) is 0 Å². The summed E-state index contributed by atoms with van der Waals surface area (Å²) in [6.07, 6.45) is 19.4. The second-order valence-corrected chi connectivity index (χ2v) is 10.3. The van der Waals surface area contributed by atoms with Crippen LogP contribution in [-0.2, 0) is 0 Å². The Morgan fingerprint density at radius 1 is 0.318 bits per heavy atom. The van der Waals surface area contributed by atoms with Gasteiger partial charge in [-0.3, -0.25) is 0 Å². The molecule has 0 nitrogen and oxygen atoms in total. The van der Waals surface area contributed by atoms with Crippen molar-refractivity contribution in [3.8, 4) is 0 Å². The van der Waals surface area contributed by atoms with Crippen molar-refractivity contribution in [2.24, 2.45) is 59.2 Å². The summed E-state index contributed by atoms with van der Waals surface area (Å²) in [7, 11) is 0. The van der Waals surface area contributed by atoms with Gasteiger partial charge in [0.1, 0.15) is 0 Å². The standard InChI is InChI=1S/C22H34/c1-3-13-7-9-15-11-12-16-10-8-14-4-2-6-18-17(5-1)19(13)21(15)22(16)20(14)18/h13-22H,1-12H2. The number of hydrogen-bond acceptors (Lipinski definition) is 0. The van der Waals surface area contributed by atoms with Crippen molar-refractivity contribution in [2.45, 2.75) is 77.0 Å². The largest absolute Gasteiger partial charge is 0.0527 e. The number of fused-ring (bicyclic) bond motifs is 1. The van der Waals surface area contributed by atoms with Crippen LogP contribution < -0.4 is 0 Å². The Kier molecular flexibility index (Phi) is 2.88. The van der Waals surface area contributed by atoms with Crippen LogP contribution in [0.5, 0.6) is 0 Å². The fourth-order valence-corrected chi connectivity index (χ4v) is 9.69. The molecule has 122 valence electrons. The monoisotopic (exact) mass is 298 g/mol. The molecule has 6 saturated carbocycles.